The first-order valence-electron chi connectivity index (χ1n) is 6.82. The van der Waals surface area contributed by atoms with Crippen LogP contribution >= 0.6 is 11.3 Å². The minimum absolute atomic E-state index is 0.233. The van der Waals surface area contributed by atoms with Crippen LogP contribution in [-0.4, -0.2) is 40.5 Å². The maximum atomic E-state index is 12.2. The zero-order valence-corrected chi connectivity index (χ0v) is 14.5. The molecule has 0 radical (unpaired) electrons. The van der Waals surface area contributed by atoms with E-state index in [1.165, 1.54) is 32.7 Å². The van der Waals surface area contributed by atoms with Gasteiger partial charge in [0, 0.05) is 22.6 Å². The van der Waals surface area contributed by atoms with Crippen molar-refractivity contribution in [3.63, 3.8) is 0 Å². The van der Waals surface area contributed by atoms with Crippen LogP contribution in [0.4, 0.5) is 9.80 Å². The number of carbonyl (C=O) groups excluding carboxylic acids is 2. The molecule has 0 aliphatic rings. The summed E-state index contributed by atoms with van der Waals surface area (Å²) < 4.78 is 20.0. The smallest absolute Gasteiger partial charge is 0.411 e. The highest BCUT2D eigenvalue weighted by Gasteiger charge is 2.24. The number of anilines is 1. The Morgan fingerprint density at radius 3 is 2.33 bits per heavy atom. The van der Waals surface area contributed by atoms with E-state index in [9.17, 15) is 9.59 Å². The number of esters is 1. The molecule has 0 aliphatic carbocycles. The van der Waals surface area contributed by atoms with Crippen molar-refractivity contribution < 1.29 is 28.5 Å². The van der Waals surface area contributed by atoms with Crippen molar-refractivity contribution in [2.45, 2.75) is 0 Å². The van der Waals surface area contributed by atoms with Gasteiger partial charge in [-0.3, -0.25) is 5.32 Å². The van der Waals surface area contributed by atoms with Gasteiger partial charge in [-0.05, 0) is 12.1 Å². The lowest BCUT2D eigenvalue weighted by molar-refractivity contribution is 0.0603. The van der Waals surface area contributed by atoms with Gasteiger partial charge < -0.3 is 18.9 Å². The highest BCUT2D eigenvalue weighted by molar-refractivity contribution is 7.15. The number of ether oxygens (including phenoxy) is 4. The van der Waals surface area contributed by atoms with E-state index in [4.69, 9.17) is 14.2 Å². The predicted molar refractivity (Wildman–Crippen MR) is 90.2 cm³/mol. The molecule has 0 aliphatic heterocycles. The number of methoxy groups -OCH3 is 4. The molecule has 0 saturated heterocycles. The van der Waals surface area contributed by atoms with Gasteiger partial charge in [0.15, 0.2) is 0 Å². The Morgan fingerprint density at radius 2 is 1.75 bits per heavy atom. The van der Waals surface area contributed by atoms with E-state index in [1.807, 2.05) is 0 Å². The molecular weight excluding hydrogens is 334 g/mol. The number of hydrogen-bond donors (Lipinski definition) is 1. The highest BCUT2D eigenvalue weighted by Crippen LogP contribution is 2.41. The Hall–Kier alpha value is -2.74. The zero-order chi connectivity index (χ0) is 17.7. The second kappa shape index (κ2) is 7.69. The SMILES string of the molecule is COC(=O)Nc1scc(-c2ccc(OC)cc2OC)c1C(=O)OC. The summed E-state index contributed by atoms with van der Waals surface area (Å²) in [5, 5.41) is 4.59. The van der Waals surface area contributed by atoms with E-state index in [2.05, 4.69) is 10.1 Å². The highest BCUT2D eigenvalue weighted by atomic mass is 32.1. The number of nitrogens with one attached hydrogen (secondary N) is 1. The number of benzene rings is 1. The topological polar surface area (TPSA) is 83.1 Å². The number of hydrogen-bond acceptors (Lipinski definition) is 7. The van der Waals surface area contributed by atoms with Crippen LogP contribution in [0.5, 0.6) is 11.5 Å². The number of thiophene rings is 1. The first-order chi connectivity index (χ1) is 11.5. The van der Waals surface area contributed by atoms with E-state index < -0.39 is 12.1 Å². The Balaban J connectivity index is 2.58. The van der Waals surface area contributed by atoms with Gasteiger partial charge in [-0.15, -0.1) is 11.3 Å². The summed E-state index contributed by atoms with van der Waals surface area (Å²) in [5.41, 5.74) is 1.49. The molecule has 1 N–H and O–H groups in total. The Morgan fingerprint density at radius 1 is 1.00 bits per heavy atom. The molecule has 2 rings (SSSR count). The van der Waals surface area contributed by atoms with Crippen molar-refractivity contribution in [3.8, 4) is 22.6 Å². The van der Waals surface area contributed by atoms with E-state index in [1.54, 1.807) is 30.7 Å². The Kier molecular flexibility index (Phi) is 5.64. The van der Waals surface area contributed by atoms with Crippen LogP contribution in [0.2, 0.25) is 0 Å². The van der Waals surface area contributed by atoms with E-state index in [-0.39, 0.29) is 5.56 Å². The van der Waals surface area contributed by atoms with Crippen molar-refractivity contribution >= 4 is 28.4 Å². The normalized spacial score (nSPS) is 10.0. The zero-order valence-electron chi connectivity index (χ0n) is 13.7. The molecule has 1 aromatic carbocycles. The predicted octanol–water partition coefficient (Wildman–Crippen LogP) is 3.40. The third kappa shape index (κ3) is 3.43. The van der Waals surface area contributed by atoms with Gasteiger partial charge in [-0.1, -0.05) is 0 Å². The summed E-state index contributed by atoms with van der Waals surface area (Å²) in [6.07, 6.45) is -0.671. The van der Waals surface area contributed by atoms with Crippen molar-refractivity contribution in [2.75, 3.05) is 33.8 Å². The summed E-state index contributed by atoms with van der Waals surface area (Å²) in [4.78, 5) is 23.7. The first-order valence-corrected chi connectivity index (χ1v) is 7.70. The standard InChI is InChI=1S/C16H17NO6S/c1-20-9-5-6-10(12(7-9)21-2)11-8-24-14(17-16(19)23-4)13(11)15(18)22-3/h5-8H,1-4H3,(H,17,19). The van der Waals surface area contributed by atoms with Gasteiger partial charge in [0.1, 0.15) is 22.1 Å². The van der Waals surface area contributed by atoms with Gasteiger partial charge in [0.2, 0.25) is 0 Å². The third-order valence-electron chi connectivity index (χ3n) is 3.28. The van der Waals surface area contributed by atoms with Crippen LogP contribution in [0.1, 0.15) is 10.4 Å². The Bertz CT molecular complexity index is 755. The van der Waals surface area contributed by atoms with Crippen molar-refractivity contribution in [2.24, 2.45) is 0 Å². The van der Waals surface area contributed by atoms with Crippen molar-refractivity contribution in [3.05, 3.63) is 29.1 Å². The Labute approximate surface area is 143 Å². The average Bonchev–Trinajstić information content (AvgIpc) is 3.03. The second-order valence-corrected chi connectivity index (χ2v) is 5.41. The molecule has 128 valence electrons. The van der Waals surface area contributed by atoms with Crippen LogP contribution < -0.4 is 14.8 Å². The monoisotopic (exact) mass is 351 g/mol. The van der Waals surface area contributed by atoms with E-state index in [0.717, 1.165) is 0 Å². The van der Waals surface area contributed by atoms with Gasteiger partial charge in [-0.2, -0.15) is 0 Å². The average molecular weight is 351 g/mol. The molecule has 0 unspecified atom stereocenters. The minimum atomic E-state index is -0.671. The van der Waals surface area contributed by atoms with Gasteiger partial charge in [0.05, 0.1) is 28.4 Å². The third-order valence-corrected chi connectivity index (χ3v) is 4.18. The lowest BCUT2D eigenvalue weighted by Gasteiger charge is -2.11. The molecule has 1 aromatic heterocycles. The number of amides is 1. The molecule has 0 saturated carbocycles. The molecule has 24 heavy (non-hydrogen) atoms. The molecule has 0 fully saturated rings. The number of rotatable bonds is 5. The van der Waals surface area contributed by atoms with Crippen LogP contribution in [-0.2, 0) is 9.47 Å². The van der Waals surface area contributed by atoms with E-state index in [0.29, 0.717) is 27.6 Å². The maximum Gasteiger partial charge on any atom is 0.411 e. The van der Waals surface area contributed by atoms with Crippen LogP contribution in [0, 0.1) is 0 Å². The van der Waals surface area contributed by atoms with Gasteiger partial charge in [0.25, 0.3) is 0 Å². The molecule has 0 atom stereocenters. The largest absolute Gasteiger partial charge is 0.497 e. The summed E-state index contributed by atoms with van der Waals surface area (Å²) in [7, 11) is 5.60. The molecular formula is C16H17NO6S. The van der Waals surface area contributed by atoms with Crippen LogP contribution in [0.15, 0.2) is 23.6 Å². The lowest BCUT2D eigenvalue weighted by atomic mass is 10.0. The minimum Gasteiger partial charge on any atom is -0.497 e. The molecule has 8 heteroatoms. The molecule has 2 aromatic rings. The van der Waals surface area contributed by atoms with Gasteiger partial charge in [-0.25, -0.2) is 9.59 Å². The van der Waals surface area contributed by atoms with Crippen molar-refractivity contribution in [1.29, 1.82) is 0 Å². The van der Waals surface area contributed by atoms with E-state index >= 15 is 0 Å². The van der Waals surface area contributed by atoms with Crippen molar-refractivity contribution in [1.82, 2.24) is 0 Å². The van der Waals surface area contributed by atoms with Crippen LogP contribution in [0.3, 0.4) is 0 Å². The maximum absolute atomic E-state index is 12.2. The molecule has 1 amide bonds. The molecule has 0 bridgehead atoms. The van der Waals surface area contributed by atoms with Gasteiger partial charge >= 0.3 is 12.1 Å². The first kappa shape index (κ1) is 17.6. The molecule has 7 nitrogen and oxygen atoms in total. The number of carbonyl (C=O) groups is 2. The lowest BCUT2D eigenvalue weighted by Crippen LogP contribution is -2.13. The molecule has 0 spiro atoms. The fraction of sp³-hybridized carbons (Fsp3) is 0.250. The summed E-state index contributed by atoms with van der Waals surface area (Å²) in [5.74, 6) is 0.579. The fourth-order valence-electron chi connectivity index (χ4n) is 2.12. The summed E-state index contributed by atoms with van der Waals surface area (Å²) >= 11 is 1.19. The van der Waals surface area contributed by atoms with Crippen LogP contribution in [0.25, 0.3) is 11.1 Å². The summed E-state index contributed by atoms with van der Waals surface area (Å²) in [6, 6.07) is 5.24. The second-order valence-electron chi connectivity index (χ2n) is 4.53. The molecule has 1 heterocycles. The quantitative estimate of drug-likeness (QED) is 0.831. The fourth-order valence-corrected chi connectivity index (χ4v) is 3.05. The summed E-state index contributed by atoms with van der Waals surface area (Å²) in [6.45, 7) is 0.